The van der Waals surface area contributed by atoms with Crippen molar-refractivity contribution in [3.8, 4) is 0 Å². The van der Waals surface area contributed by atoms with Crippen molar-refractivity contribution < 1.29 is 0 Å². The van der Waals surface area contributed by atoms with Crippen molar-refractivity contribution in [1.29, 1.82) is 0 Å². The number of aromatic nitrogens is 2. The van der Waals surface area contributed by atoms with E-state index >= 15 is 0 Å². The van der Waals surface area contributed by atoms with Gasteiger partial charge < -0.3 is 0 Å². The van der Waals surface area contributed by atoms with Crippen molar-refractivity contribution in [2.45, 2.75) is 11.8 Å². The number of pyridine rings is 1. The van der Waals surface area contributed by atoms with Gasteiger partial charge in [0.2, 0.25) is 0 Å². The molecule has 0 spiro atoms. The fraction of sp³-hybridized carbons (Fsp3) is 0.0690. The molecule has 146 valence electrons. The van der Waals surface area contributed by atoms with Gasteiger partial charge in [-0.05, 0) is 28.5 Å². The summed E-state index contributed by atoms with van der Waals surface area (Å²) in [5.74, 6) is 0. The number of hydrogen-bond donors (Lipinski definition) is 0. The van der Waals surface area contributed by atoms with E-state index in [1.807, 2.05) is 0 Å². The number of hydrogen-bond acceptors (Lipinski definition) is 1. The van der Waals surface area contributed by atoms with Gasteiger partial charge in [0.05, 0.1) is 22.8 Å². The SMILES string of the molecule is c1ccc(C2(c3ccccc3)Cc3cccc4c5ccccc5c5ncc2n5c34)cc1. The van der Waals surface area contributed by atoms with Gasteiger partial charge in [-0.25, -0.2) is 4.98 Å². The van der Waals surface area contributed by atoms with E-state index in [0.717, 1.165) is 12.1 Å². The Bertz CT molecular complexity index is 1550. The van der Waals surface area contributed by atoms with Crippen LogP contribution in [0.5, 0.6) is 0 Å². The van der Waals surface area contributed by atoms with Gasteiger partial charge in [0, 0.05) is 10.8 Å². The monoisotopic (exact) mass is 396 g/mol. The first kappa shape index (κ1) is 16.8. The van der Waals surface area contributed by atoms with Gasteiger partial charge in [0.25, 0.3) is 0 Å². The van der Waals surface area contributed by atoms with Gasteiger partial charge >= 0.3 is 0 Å². The Labute approximate surface area is 180 Å². The van der Waals surface area contributed by atoms with Gasteiger partial charge in [-0.15, -0.1) is 0 Å². The van der Waals surface area contributed by atoms with Crippen molar-refractivity contribution >= 4 is 27.3 Å². The van der Waals surface area contributed by atoms with Crippen LogP contribution in [0.25, 0.3) is 27.3 Å². The molecule has 0 saturated heterocycles. The average Bonchev–Trinajstić information content (AvgIpc) is 3.31. The van der Waals surface area contributed by atoms with Gasteiger partial charge in [-0.1, -0.05) is 103 Å². The maximum Gasteiger partial charge on any atom is 0.145 e. The summed E-state index contributed by atoms with van der Waals surface area (Å²) >= 11 is 0. The molecule has 2 heteroatoms. The lowest BCUT2D eigenvalue weighted by molar-refractivity contribution is 0.578. The summed E-state index contributed by atoms with van der Waals surface area (Å²) < 4.78 is 2.43. The van der Waals surface area contributed by atoms with Crippen molar-refractivity contribution in [1.82, 2.24) is 9.38 Å². The zero-order chi connectivity index (χ0) is 20.4. The molecule has 2 aromatic heterocycles. The van der Waals surface area contributed by atoms with Crippen LogP contribution in [-0.4, -0.2) is 9.38 Å². The minimum absolute atomic E-state index is 0.286. The van der Waals surface area contributed by atoms with Crippen LogP contribution in [-0.2, 0) is 11.8 Å². The van der Waals surface area contributed by atoms with E-state index in [1.54, 1.807) is 0 Å². The number of para-hydroxylation sites is 1. The zero-order valence-corrected chi connectivity index (χ0v) is 17.0. The lowest BCUT2D eigenvalue weighted by atomic mass is 9.67. The molecule has 4 aromatic carbocycles. The van der Waals surface area contributed by atoms with Gasteiger partial charge in [-0.2, -0.15) is 0 Å². The molecule has 0 saturated carbocycles. The Hall–Kier alpha value is -3.91. The molecule has 3 heterocycles. The number of rotatable bonds is 2. The van der Waals surface area contributed by atoms with Gasteiger partial charge in [0.1, 0.15) is 5.65 Å². The molecule has 0 amide bonds. The third-order valence-corrected chi connectivity index (χ3v) is 6.99. The Balaban J connectivity index is 1.73. The summed E-state index contributed by atoms with van der Waals surface area (Å²) in [6.07, 6.45) is 3.02. The first-order chi connectivity index (χ1) is 15.4. The van der Waals surface area contributed by atoms with Crippen molar-refractivity contribution in [3.05, 3.63) is 132 Å². The summed E-state index contributed by atoms with van der Waals surface area (Å²) in [6, 6.07) is 37.2. The summed E-state index contributed by atoms with van der Waals surface area (Å²) in [5.41, 5.74) is 7.28. The zero-order valence-electron chi connectivity index (χ0n) is 17.0. The fourth-order valence-electron chi connectivity index (χ4n) is 5.69. The van der Waals surface area contributed by atoms with Crippen molar-refractivity contribution in [2.24, 2.45) is 0 Å². The van der Waals surface area contributed by atoms with E-state index in [1.165, 1.54) is 44.1 Å². The smallest absolute Gasteiger partial charge is 0.145 e. The largest absolute Gasteiger partial charge is 0.295 e. The van der Waals surface area contributed by atoms with Crippen LogP contribution < -0.4 is 0 Å². The van der Waals surface area contributed by atoms with Crippen molar-refractivity contribution in [2.75, 3.05) is 0 Å². The summed E-state index contributed by atoms with van der Waals surface area (Å²) in [5, 5.41) is 3.78. The minimum Gasteiger partial charge on any atom is -0.295 e. The molecule has 6 aromatic rings. The van der Waals surface area contributed by atoms with Crippen molar-refractivity contribution in [3.63, 3.8) is 0 Å². The standard InChI is InChI=1S/C29H20N2/c1-3-11-21(12-4-1)29(22-13-5-2-6-14-22)18-20-10-9-17-24-23-15-7-8-16-25(23)28-30-19-26(29)31(28)27(20)24/h1-17,19H,18H2. The quantitative estimate of drug-likeness (QED) is 0.304. The Kier molecular flexibility index (Phi) is 3.29. The first-order valence-corrected chi connectivity index (χ1v) is 10.8. The number of benzene rings is 4. The second-order valence-electron chi connectivity index (χ2n) is 8.48. The molecule has 2 nitrogen and oxygen atoms in total. The topological polar surface area (TPSA) is 17.3 Å². The summed E-state index contributed by atoms with van der Waals surface area (Å²) in [7, 11) is 0. The molecular weight excluding hydrogens is 376 g/mol. The third-order valence-electron chi connectivity index (χ3n) is 6.99. The number of fused-ring (bicyclic) bond motifs is 3. The Morgan fingerprint density at radius 2 is 1.23 bits per heavy atom. The van der Waals surface area contributed by atoms with E-state index in [2.05, 4.69) is 114 Å². The van der Waals surface area contributed by atoms with Crippen LogP contribution in [0.4, 0.5) is 0 Å². The molecule has 0 bridgehead atoms. The van der Waals surface area contributed by atoms with Gasteiger partial charge in [0.15, 0.2) is 0 Å². The molecule has 1 aliphatic heterocycles. The highest BCUT2D eigenvalue weighted by Crippen LogP contribution is 2.48. The first-order valence-electron chi connectivity index (χ1n) is 10.8. The van der Waals surface area contributed by atoms with Crippen LogP contribution in [0.3, 0.4) is 0 Å². The second-order valence-corrected chi connectivity index (χ2v) is 8.48. The minimum atomic E-state index is -0.286. The van der Waals surface area contributed by atoms with Crippen LogP contribution in [0.15, 0.2) is 109 Å². The van der Waals surface area contributed by atoms with E-state index in [0.29, 0.717) is 0 Å². The molecule has 0 aliphatic carbocycles. The van der Waals surface area contributed by atoms with E-state index in [9.17, 15) is 0 Å². The Morgan fingerprint density at radius 1 is 0.613 bits per heavy atom. The van der Waals surface area contributed by atoms with Crippen LogP contribution in [0, 0.1) is 0 Å². The molecule has 1 aliphatic rings. The molecule has 7 rings (SSSR count). The highest BCUT2D eigenvalue weighted by atomic mass is 15.0. The summed E-state index contributed by atoms with van der Waals surface area (Å²) in [4.78, 5) is 5.01. The highest BCUT2D eigenvalue weighted by molar-refractivity contribution is 6.12. The van der Waals surface area contributed by atoms with E-state index in [-0.39, 0.29) is 5.41 Å². The van der Waals surface area contributed by atoms with Crippen LogP contribution >= 0.6 is 0 Å². The predicted molar refractivity (Wildman–Crippen MR) is 127 cm³/mol. The molecule has 0 atom stereocenters. The highest BCUT2D eigenvalue weighted by Gasteiger charge is 2.42. The number of nitrogens with zero attached hydrogens (tertiary/aromatic N) is 2. The lowest BCUT2D eigenvalue weighted by Gasteiger charge is -2.38. The maximum atomic E-state index is 5.01. The predicted octanol–water partition coefficient (Wildman–Crippen LogP) is 6.53. The molecule has 0 radical (unpaired) electrons. The second kappa shape index (κ2) is 6.05. The normalized spacial score (nSPS) is 14.6. The fourth-order valence-corrected chi connectivity index (χ4v) is 5.69. The average molecular weight is 396 g/mol. The van der Waals surface area contributed by atoms with Crippen LogP contribution in [0.1, 0.15) is 22.4 Å². The third kappa shape index (κ3) is 2.09. The van der Waals surface area contributed by atoms with Gasteiger partial charge in [-0.3, -0.25) is 4.40 Å². The van der Waals surface area contributed by atoms with E-state index < -0.39 is 0 Å². The number of imidazole rings is 1. The maximum absolute atomic E-state index is 5.01. The molecule has 0 fully saturated rings. The molecular formula is C29H20N2. The van der Waals surface area contributed by atoms with E-state index in [4.69, 9.17) is 4.98 Å². The molecule has 31 heavy (non-hydrogen) atoms. The van der Waals surface area contributed by atoms with Crippen LogP contribution in [0.2, 0.25) is 0 Å². The summed E-state index contributed by atoms with van der Waals surface area (Å²) in [6.45, 7) is 0. The molecule has 0 N–H and O–H groups in total. The Morgan fingerprint density at radius 3 is 1.94 bits per heavy atom. The lowest BCUT2D eigenvalue weighted by Crippen LogP contribution is -2.36. The molecule has 0 unspecified atom stereocenters.